The van der Waals surface area contributed by atoms with Crippen LogP contribution in [0.3, 0.4) is 0 Å². The molecule has 132 valence electrons. The lowest BCUT2D eigenvalue weighted by Crippen LogP contribution is -2.45. The lowest BCUT2D eigenvalue weighted by molar-refractivity contribution is -0.120. The molecular formula is C19H17BrN4O2. The number of hydrogen-bond acceptors (Lipinski definition) is 5. The first-order valence-electron chi connectivity index (χ1n) is 8.28. The molecule has 0 fully saturated rings. The fourth-order valence-electron chi connectivity index (χ4n) is 2.90. The highest BCUT2D eigenvalue weighted by Crippen LogP contribution is 2.30. The molecule has 6 nitrogen and oxygen atoms in total. The Morgan fingerprint density at radius 3 is 2.54 bits per heavy atom. The molecule has 0 bridgehead atoms. The van der Waals surface area contributed by atoms with Gasteiger partial charge in [0, 0.05) is 24.6 Å². The predicted octanol–water partition coefficient (Wildman–Crippen LogP) is 3.25. The van der Waals surface area contributed by atoms with E-state index in [1.165, 1.54) is 0 Å². The average molecular weight is 413 g/mol. The molecular weight excluding hydrogens is 396 g/mol. The monoisotopic (exact) mass is 412 g/mol. The van der Waals surface area contributed by atoms with Gasteiger partial charge >= 0.3 is 0 Å². The molecule has 4 rings (SSSR count). The van der Waals surface area contributed by atoms with Gasteiger partial charge in [-0.3, -0.25) is 9.69 Å². The zero-order valence-corrected chi connectivity index (χ0v) is 15.8. The normalized spacial score (nSPS) is 13.6. The number of rotatable bonds is 3. The number of amides is 1. The Balaban J connectivity index is 1.60. The van der Waals surface area contributed by atoms with Crippen molar-refractivity contribution in [2.24, 2.45) is 0 Å². The van der Waals surface area contributed by atoms with Gasteiger partial charge in [-0.2, -0.15) is 0 Å². The van der Waals surface area contributed by atoms with Gasteiger partial charge in [0.2, 0.25) is 0 Å². The van der Waals surface area contributed by atoms with Gasteiger partial charge in [0.15, 0.2) is 18.2 Å². The summed E-state index contributed by atoms with van der Waals surface area (Å²) in [5.74, 6) is 1.81. The third kappa shape index (κ3) is 3.22. The molecule has 0 aliphatic carbocycles. The van der Waals surface area contributed by atoms with Crippen LogP contribution in [0.4, 0.5) is 11.6 Å². The number of ether oxygens (including phenoxy) is 1. The van der Waals surface area contributed by atoms with Crippen molar-refractivity contribution in [1.82, 2.24) is 9.97 Å². The van der Waals surface area contributed by atoms with Crippen molar-refractivity contribution >= 4 is 44.5 Å². The van der Waals surface area contributed by atoms with Crippen LogP contribution in [-0.2, 0) is 4.79 Å². The SMILES string of the molecule is CN1CCN(C(=O)COc2cccc(Br)c2)c2nc3ccccc3nc21. The molecule has 1 aromatic heterocycles. The molecule has 0 radical (unpaired) electrons. The Morgan fingerprint density at radius 1 is 1.08 bits per heavy atom. The summed E-state index contributed by atoms with van der Waals surface area (Å²) in [5, 5.41) is 0. The molecule has 0 N–H and O–H groups in total. The molecule has 26 heavy (non-hydrogen) atoms. The maximum absolute atomic E-state index is 12.8. The minimum absolute atomic E-state index is 0.0475. The van der Waals surface area contributed by atoms with Crippen LogP contribution in [0, 0.1) is 0 Å². The highest BCUT2D eigenvalue weighted by Gasteiger charge is 2.28. The zero-order chi connectivity index (χ0) is 18.1. The predicted molar refractivity (Wildman–Crippen MR) is 105 cm³/mol. The van der Waals surface area contributed by atoms with E-state index in [4.69, 9.17) is 4.74 Å². The third-order valence-corrected chi connectivity index (χ3v) is 4.76. The van der Waals surface area contributed by atoms with Gasteiger partial charge in [0.25, 0.3) is 5.91 Å². The Kier molecular flexibility index (Phi) is 4.46. The van der Waals surface area contributed by atoms with E-state index >= 15 is 0 Å². The highest BCUT2D eigenvalue weighted by atomic mass is 79.9. The molecule has 0 spiro atoms. The summed E-state index contributed by atoms with van der Waals surface area (Å²) in [6.45, 7) is 1.20. The second-order valence-corrected chi connectivity index (χ2v) is 6.99. The summed E-state index contributed by atoms with van der Waals surface area (Å²) in [7, 11) is 1.96. The lowest BCUT2D eigenvalue weighted by Gasteiger charge is -2.33. The number of hydrogen-bond donors (Lipinski definition) is 0. The number of carbonyl (C=O) groups excluding carboxylic acids is 1. The summed E-state index contributed by atoms with van der Waals surface area (Å²) < 4.78 is 6.56. The van der Waals surface area contributed by atoms with Gasteiger partial charge in [-0.25, -0.2) is 9.97 Å². The number of carbonyl (C=O) groups is 1. The minimum Gasteiger partial charge on any atom is -0.484 e. The van der Waals surface area contributed by atoms with E-state index in [1.54, 1.807) is 4.90 Å². The molecule has 0 atom stereocenters. The molecule has 0 saturated carbocycles. The molecule has 0 unspecified atom stereocenters. The molecule has 2 heterocycles. The minimum atomic E-state index is -0.135. The van der Waals surface area contributed by atoms with E-state index in [0.29, 0.717) is 30.5 Å². The van der Waals surface area contributed by atoms with Crippen molar-refractivity contribution in [3.63, 3.8) is 0 Å². The van der Waals surface area contributed by atoms with E-state index in [1.807, 2.05) is 60.5 Å². The van der Waals surface area contributed by atoms with Gasteiger partial charge < -0.3 is 9.64 Å². The quantitative estimate of drug-likeness (QED) is 0.660. The van der Waals surface area contributed by atoms with Gasteiger partial charge in [0.05, 0.1) is 11.0 Å². The van der Waals surface area contributed by atoms with Gasteiger partial charge in [-0.15, -0.1) is 0 Å². The number of aromatic nitrogens is 2. The van der Waals surface area contributed by atoms with Crippen molar-refractivity contribution in [3.05, 3.63) is 53.0 Å². The average Bonchev–Trinajstić information content (AvgIpc) is 2.65. The van der Waals surface area contributed by atoms with Crippen LogP contribution in [0.1, 0.15) is 0 Å². The number of halogens is 1. The van der Waals surface area contributed by atoms with Crippen LogP contribution in [0.15, 0.2) is 53.0 Å². The number of nitrogens with zero attached hydrogens (tertiary/aromatic N) is 4. The standard InChI is InChI=1S/C19H17BrN4O2/c1-23-9-10-24(17(25)12-26-14-6-4-5-13(20)11-14)19-18(23)21-15-7-2-3-8-16(15)22-19/h2-8,11H,9-10,12H2,1H3. The number of benzene rings is 2. The van der Waals surface area contributed by atoms with Crippen molar-refractivity contribution in [2.45, 2.75) is 0 Å². The van der Waals surface area contributed by atoms with Gasteiger partial charge in [-0.1, -0.05) is 34.1 Å². The number of fused-ring (bicyclic) bond motifs is 2. The second-order valence-electron chi connectivity index (χ2n) is 6.07. The first kappa shape index (κ1) is 16.8. The van der Waals surface area contributed by atoms with Crippen molar-refractivity contribution < 1.29 is 9.53 Å². The molecule has 1 aliphatic rings. The first-order valence-corrected chi connectivity index (χ1v) is 9.08. The lowest BCUT2D eigenvalue weighted by atomic mass is 10.2. The molecule has 2 aromatic carbocycles. The highest BCUT2D eigenvalue weighted by molar-refractivity contribution is 9.10. The van der Waals surface area contributed by atoms with E-state index < -0.39 is 0 Å². The van der Waals surface area contributed by atoms with Crippen LogP contribution < -0.4 is 14.5 Å². The largest absolute Gasteiger partial charge is 0.484 e. The smallest absolute Gasteiger partial charge is 0.266 e. The van der Waals surface area contributed by atoms with E-state index in [0.717, 1.165) is 15.5 Å². The Bertz CT molecular complexity index is 979. The summed E-state index contributed by atoms with van der Waals surface area (Å²) in [5.41, 5.74) is 1.59. The summed E-state index contributed by atoms with van der Waals surface area (Å²) in [6, 6.07) is 15.1. The number of anilines is 2. The van der Waals surface area contributed by atoms with Crippen molar-refractivity contribution in [3.8, 4) is 5.75 Å². The van der Waals surface area contributed by atoms with Gasteiger partial charge in [-0.05, 0) is 30.3 Å². The molecule has 1 amide bonds. The van der Waals surface area contributed by atoms with Crippen LogP contribution in [0.25, 0.3) is 11.0 Å². The van der Waals surface area contributed by atoms with E-state index in [9.17, 15) is 4.79 Å². The summed E-state index contributed by atoms with van der Waals surface area (Å²) >= 11 is 3.40. The molecule has 3 aromatic rings. The van der Waals surface area contributed by atoms with Crippen molar-refractivity contribution in [2.75, 3.05) is 36.5 Å². The Labute approximate surface area is 159 Å². The topological polar surface area (TPSA) is 58.6 Å². The van der Waals surface area contributed by atoms with Gasteiger partial charge in [0.1, 0.15) is 5.75 Å². The molecule has 0 saturated heterocycles. The fraction of sp³-hybridized carbons (Fsp3) is 0.211. The Hall–Kier alpha value is -2.67. The second kappa shape index (κ2) is 6.92. The summed E-state index contributed by atoms with van der Waals surface area (Å²) in [4.78, 5) is 25.8. The maximum Gasteiger partial charge on any atom is 0.266 e. The number of likely N-dealkylation sites (N-methyl/N-ethyl adjacent to an activating group) is 1. The first-order chi connectivity index (χ1) is 12.6. The molecule has 1 aliphatic heterocycles. The molecule has 7 heteroatoms. The van der Waals surface area contributed by atoms with E-state index in [-0.39, 0.29) is 12.5 Å². The van der Waals surface area contributed by atoms with Crippen LogP contribution in [-0.4, -0.2) is 42.6 Å². The van der Waals surface area contributed by atoms with Crippen LogP contribution in [0.5, 0.6) is 5.75 Å². The van der Waals surface area contributed by atoms with E-state index in [2.05, 4.69) is 25.9 Å². The third-order valence-electron chi connectivity index (χ3n) is 4.27. The van der Waals surface area contributed by atoms with Crippen molar-refractivity contribution in [1.29, 1.82) is 0 Å². The van der Waals surface area contributed by atoms with Crippen LogP contribution >= 0.6 is 15.9 Å². The Morgan fingerprint density at radius 2 is 1.81 bits per heavy atom. The zero-order valence-electron chi connectivity index (χ0n) is 14.2. The number of para-hydroxylation sites is 2. The summed E-state index contributed by atoms with van der Waals surface area (Å²) in [6.07, 6.45) is 0. The maximum atomic E-state index is 12.8. The van der Waals surface area contributed by atoms with Crippen LogP contribution in [0.2, 0.25) is 0 Å². The fourth-order valence-corrected chi connectivity index (χ4v) is 3.28.